The molecule has 1 unspecified atom stereocenters. The van der Waals surface area contributed by atoms with Gasteiger partial charge in [0, 0.05) is 5.56 Å². The number of rotatable bonds is 5. The zero-order chi connectivity index (χ0) is 12.1. The van der Waals surface area contributed by atoms with Crippen molar-refractivity contribution < 1.29 is 14.2 Å². The summed E-state index contributed by atoms with van der Waals surface area (Å²) in [4.78, 5) is 0. The molecule has 0 aromatic heterocycles. The number of benzene rings is 1. The molecule has 0 aliphatic heterocycles. The molecule has 1 rings (SSSR count). The monoisotopic (exact) mass is 225 g/mol. The van der Waals surface area contributed by atoms with Crippen LogP contribution in [0.4, 0.5) is 0 Å². The summed E-state index contributed by atoms with van der Waals surface area (Å²) >= 11 is 0. The average Bonchev–Trinajstić information content (AvgIpc) is 2.35. The highest BCUT2D eigenvalue weighted by atomic mass is 16.5. The first-order valence-corrected chi connectivity index (χ1v) is 5.18. The molecule has 0 bridgehead atoms. The number of nitrogens with two attached hydrogens (primary N) is 1. The van der Waals surface area contributed by atoms with Gasteiger partial charge in [-0.2, -0.15) is 0 Å². The lowest BCUT2D eigenvalue weighted by molar-refractivity contribution is 0.321. The van der Waals surface area contributed by atoms with E-state index >= 15 is 0 Å². The molecule has 0 aliphatic carbocycles. The Morgan fingerprint density at radius 1 is 1.06 bits per heavy atom. The summed E-state index contributed by atoms with van der Waals surface area (Å²) in [6, 6.07) is 3.82. The van der Waals surface area contributed by atoms with E-state index in [9.17, 15) is 0 Å². The van der Waals surface area contributed by atoms with E-state index in [1.807, 2.05) is 19.1 Å². The molecular formula is C12H19NO3. The first kappa shape index (κ1) is 12.6. The van der Waals surface area contributed by atoms with E-state index < -0.39 is 0 Å². The summed E-state index contributed by atoms with van der Waals surface area (Å²) in [5.41, 5.74) is 6.69. The molecule has 4 heteroatoms. The Kier molecular flexibility index (Phi) is 4.43. The van der Waals surface area contributed by atoms with Crippen LogP contribution in [-0.2, 0) is 0 Å². The molecule has 16 heavy (non-hydrogen) atoms. The Labute approximate surface area is 96.3 Å². The van der Waals surface area contributed by atoms with Gasteiger partial charge in [0.05, 0.1) is 21.3 Å². The van der Waals surface area contributed by atoms with Crippen LogP contribution in [0.3, 0.4) is 0 Å². The Morgan fingerprint density at radius 2 is 1.69 bits per heavy atom. The number of hydrogen-bond acceptors (Lipinski definition) is 4. The van der Waals surface area contributed by atoms with Crippen molar-refractivity contribution >= 4 is 0 Å². The molecule has 1 atom stereocenters. The minimum absolute atomic E-state index is 0.217. The van der Waals surface area contributed by atoms with Crippen molar-refractivity contribution in [1.29, 1.82) is 0 Å². The normalized spacial score (nSPS) is 12.1. The van der Waals surface area contributed by atoms with Crippen molar-refractivity contribution in [2.24, 2.45) is 5.73 Å². The maximum Gasteiger partial charge on any atom is 0.203 e. The molecule has 0 amide bonds. The lowest BCUT2D eigenvalue weighted by Crippen LogP contribution is -2.10. The number of ether oxygens (including phenoxy) is 3. The number of hydrogen-bond donors (Lipinski definition) is 1. The van der Waals surface area contributed by atoms with E-state index in [1.165, 1.54) is 0 Å². The van der Waals surface area contributed by atoms with Crippen LogP contribution < -0.4 is 19.9 Å². The Balaban J connectivity index is 3.31. The largest absolute Gasteiger partial charge is 0.493 e. The third-order valence-electron chi connectivity index (χ3n) is 2.62. The lowest BCUT2D eigenvalue weighted by Gasteiger charge is -2.18. The second-order valence-electron chi connectivity index (χ2n) is 3.56. The van der Waals surface area contributed by atoms with Gasteiger partial charge in [0.25, 0.3) is 0 Å². The smallest absolute Gasteiger partial charge is 0.203 e. The molecule has 0 saturated heterocycles. The summed E-state index contributed by atoms with van der Waals surface area (Å²) in [5.74, 6) is 2.18. The molecule has 0 spiro atoms. The van der Waals surface area contributed by atoms with Crippen LogP contribution in [0.15, 0.2) is 12.1 Å². The SMILES string of the molecule is COc1ccc(C(C)CN)c(OC)c1OC. The van der Waals surface area contributed by atoms with Crippen molar-refractivity contribution in [3.8, 4) is 17.2 Å². The van der Waals surface area contributed by atoms with Crippen molar-refractivity contribution in [2.45, 2.75) is 12.8 Å². The van der Waals surface area contributed by atoms with Crippen LogP contribution in [0.25, 0.3) is 0 Å². The van der Waals surface area contributed by atoms with Crippen LogP contribution in [0.1, 0.15) is 18.4 Å². The van der Waals surface area contributed by atoms with E-state index in [1.54, 1.807) is 21.3 Å². The first-order chi connectivity index (χ1) is 7.69. The summed E-state index contributed by atoms with van der Waals surface area (Å²) in [5, 5.41) is 0. The Bertz CT molecular complexity index is 352. The molecule has 1 aromatic carbocycles. The topological polar surface area (TPSA) is 53.7 Å². The van der Waals surface area contributed by atoms with Gasteiger partial charge < -0.3 is 19.9 Å². The molecule has 0 heterocycles. The number of methoxy groups -OCH3 is 3. The van der Waals surface area contributed by atoms with Gasteiger partial charge in [0.15, 0.2) is 11.5 Å². The van der Waals surface area contributed by atoms with Gasteiger partial charge in [0.2, 0.25) is 5.75 Å². The molecule has 1 aromatic rings. The standard InChI is InChI=1S/C12H19NO3/c1-8(7-13)9-5-6-10(14-2)12(16-4)11(9)15-3/h5-6,8H,7,13H2,1-4H3. The fourth-order valence-electron chi connectivity index (χ4n) is 1.64. The fraction of sp³-hybridized carbons (Fsp3) is 0.500. The van der Waals surface area contributed by atoms with Crippen molar-refractivity contribution in [3.63, 3.8) is 0 Å². The van der Waals surface area contributed by atoms with Gasteiger partial charge in [-0.05, 0) is 18.5 Å². The lowest BCUT2D eigenvalue weighted by atomic mass is 9.99. The average molecular weight is 225 g/mol. The molecular weight excluding hydrogens is 206 g/mol. The molecule has 0 saturated carbocycles. The zero-order valence-corrected chi connectivity index (χ0v) is 10.2. The maximum atomic E-state index is 5.66. The second-order valence-corrected chi connectivity index (χ2v) is 3.56. The van der Waals surface area contributed by atoms with Crippen LogP contribution in [0.2, 0.25) is 0 Å². The molecule has 90 valence electrons. The Morgan fingerprint density at radius 3 is 2.12 bits per heavy atom. The summed E-state index contributed by atoms with van der Waals surface area (Å²) < 4.78 is 15.9. The van der Waals surface area contributed by atoms with Crippen molar-refractivity contribution in [2.75, 3.05) is 27.9 Å². The summed E-state index contributed by atoms with van der Waals surface area (Å²) in [6.45, 7) is 2.61. The third kappa shape index (κ3) is 2.22. The minimum atomic E-state index is 0.217. The van der Waals surface area contributed by atoms with E-state index in [0.717, 1.165) is 5.56 Å². The third-order valence-corrected chi connectivity index (χ3v) is 2.62. The fourth-order valence-corrected chi connectivity index (χ4v) is 1.64. The quantitative estimate of drug-likeness (QED) is 0.829. The Hall–Kier alpha value is -1.42. The van der Waals surface area contributed by atoms with E-state index in [-0.39, 0.29) is 5.92 Å². The molecule has 0 fully saturated rings. The van der Waals surface area contributed by atoms with Crippen molar-refractivity contribution in [3.05, 3.63) is 17.7 Å². The zero-order valence-electron chi connectivity index (χ0n) is 10.2. The molecule has 0 radical (unpaired) electrons. The highest BCUT2D eigenvalue weighted by Crippen LogP contribution is 2.42. The van der Waals surface area contributed by atoms with Crippen LogP contribution >= 0.6 is 0 Å². The minimum Gasteiger partial charge on any atom is -0.493 e. The maximum absolute atomic E-state index is 5.66. The van der Waals surface area contributed by atoms with Crippen LogP contribution in [0.5, 0.6) is 17.2 Å². The second kappa shape index (κ2) is 5.61. The predicted octanol–water partition coefficient (Wildman–Crippen LogP) is 1.77. The van der Waals surface area contributed by atoms with Crippen LogP contribution in [-0.4, -0.2) is 27.9 Å². The first-order valence-electron chi connectivity index (χ1n) is 5.18. The van der Waals surface area contributed by atoms with Crippen LogP contribution in [0, 0.1) is 0 Å². The van der Waals surface area contributed by atoms with Gasteiger partial charge in [0.1, 0.15) is 0 Å². The summed E-state index contributed by atoms with van der Waals surface area (Å²) in [7, 11) is 4.81. The van der Waals surface area contributed by atoms with Gasteiger partial charge in [-0.3, -0.25) is 0 Å². The van der Waals surface area contributed by atoms with Crippen molar-refractivity contribution in [1.82, 2.24) is 0 Å². The summed E-state index contributed by atoms with van der Waals surface area (Å²) in [6.07, 6.45) is 0. The van der Waals surface area contributed by atoms with Gasteiger partial charge >= 0.3 is 0 Å². The highest BCUT2D eigenvalue weighted by molar-refractivity contribution is 5.56. The van der Waals surface area contributed by atoms with E-state index in [4.69, 9.17) is 19.9 Å². The van der Waals surface area contributed by atoms with E-state index in [0.29, 0.717) is 23.8 Å². The van der Waals surface area contributed by atoms with Gasteiger partial charge in [-0.1, -0.05) is 13.0 Å². The predicted molar refractivity (Wildman–Crippen MR) is 63.6 cm³/mol. The molecule has 2 N–H and O–H groups in total. The van der Waals surface area contributed by atoms with E-state index in [2.05, 4.69) is 0 Å². The molecule has 0 aliphatic rings. The van der Waals surface area contributed by atoms with Gasteiger partial charge in [-0.25, -0.2) is 0 Å². The molecule has 4 nitrogen and oxygen atoms in total. The van der Waals surface area contributed by atoms with Gasteiger partial charge in [-0.15, -0.1) is 0 Å². The highest BCUT2D eigenvalue weighted by Gasteiger charge is 2.18.